The van der Waals surface area contributed by atoms with Crippen LogP contribution in [0.1, 0.15) is 42.1 Å². The number of rotatable bonds is 5. The topological polar surface area (TPSA) is 109 Å². The minimum atomic E-state index is -4.29. The lowest BCUT2D eigenvalue weighted by molar-refractivity contribution is -0.140. The molecule has 2 heterocycles. The molecular weight excluding hydrogens is 519 g/mol. The number of carbonyl (C=O) groups is 2. The normalized spacial score (nSPS) is 21.4. The zero-order valence-corrected chi connectivity index (χ0v) is 23.0. The lowest BCUT2D eigenvalue weighted by Crippen LogP contribution is -2.47. The summed E-state index contributed by atoms with van der Waals surface area (Å²) in [6.07, 6.45) is -5.64. The fourth-order valence-corrected chi connectivity index (χ4v) is 4.44. The molecule has 2 N–H and O–H groups in total. The molecule has 3 atom stereocenters. The molecule has 0 unspecified atom stereocenters. The smallest absolute Gasteiger partial charge is 0.390 e. The van der Waals surface area contributed by atoms with Gasteiger partial charge in [-0.15, -0.1) is 0 Å². The van der Waals surface area contributed by atoms with Gasteiger partial charge < -0.3 is 29.5 Å². The molecule has 13 heteroatoms. The fraction of sp³-hybridized carbons (Fsp3) is 0.577. The molecule has 1 aromatic carbocycles. The molecular formula is C26H36F3N5O5. The number of halogens is 3. The lowest BCUT2D eigenvalue weighted by atomic mass is 10.0. The molecule has 0 bridgehead atoms. The molecule has 10 nitrogen and oxygen atoms in total. The van der Waals surface area contributed by atoms with Gasteiger partial charge in [-0.3, -0.25) is 9.69 Å². The number of hydrogen-bond acceptors (Lipinski definition) is 7. The van der Waals surface area contributed by atoms with Crippen LogP contribution in [0.2, 0.25) is 0 Å². The summed E-state index contributed by atoms with van der Waals surface area (Å²) in [5.41, 5.74) is 1.57. The van der Waals surface area contributed by atoms with Crippen molar-refractivity contribution in [3.63, 3.8) is 0 Å². The van der Waals surface area contributed by atoms with Gasteiger partial charge >= 0.3 is 12.2 Å². The largest absolute Gasteiger partial charge is 0.491 e. The van der Waals surface area contributed by atoms with Crippen LogP contribution in [-0.2, 0) is 4.74 Å². The van der Waals surface area contributed by atoms with Crippen LogP contribution >= 0.6 is 0 Å². The zero-order chi connectivity index (χ0) is 28.9. The third kappa shape index (κ3) is 8.09. The van der Waals surface area contributed by atoms with E-state index in [0.29, 0.717) is 29.4 Å². The van der Waals surface area contributed by atoms with Crippen molar-refractivity contribution in [1.82, 2.24) is 15.0 Å². The van der Waals surface area contributed by atoms with Gasteiger partial charge in [0.1, 0.15) is 23.7 Å². The first-order valence-electron chi connectivity index (χ1n) is 12.7. The van der Waals surface area contributed by atoms with Crippen LogP contribution in [0, 0.1) is 19.8 Å². The third-order valence-electron chi connectivity index (χ3n) is 6.79. The average Bonchev–Trinajstić information content (AvgIpc) is 3.18. The fourth-order valence-electron chi connectivity index (χ4n) is 4.44. The summed E-state index contributed by atoms with van der Waals surface area (Å²) >= 11 is 0. The first-order valence-corrected chi connectivity index (χ1v) is 12.7. The van der Waals surface area contributed by atoms with E-state index in [1.807, 2.05) is 6.92 Å². The minimum Gasteiger partial charge on any atom is -0.491 e. The van der Waals surface area contributed by atoms with Gasteiger partial charge in [-0.05, 0) is 38.8 Å². The highest BCUT2D eigenvalue weighted by Gasteiger charge is 2.32. The van der Waals surface area contributed by atoms with Crippen LogP contribution in [0.25, 0.3) is 0 Å². The summed E-state index contributed by atoms with van der Waals surface area (Å²) < 4.78 is 55.8. The van der Waals surface area contributed by atoms with Crippen molar-refractivity contribution >= 4 is 23.3 Å². The van der Waals surface area contributed by atoms with Gasteiger partial charge in [0.05, 0.1) is 18.1 Å². The number of alkyl halides is 3. The van der Waals surface area contributed by atoms with Crippen molar-refractivity contribution in [3.8, 4) is 5.75 Å². The molecule has 1 aliphatic heterocycles. The van der Waals surface area contributed by atoms with Gasteiger partial charge in [-0.1, -0.05) is 12.1 Å². The van der Waals surface area contributed by atoms with Crippen molar-refractivity contribution in [1.29, 1.82) is 0 Å². The number of hydrogen-bond donors (Lipinski definition) is 2. The SMILES string of the molecule is CO[C@@H]1CN(C)C(=O)c2ccc(NC(=O)Nc3c(C)noc3C)cc2OC[C@H](C)N(CCC(F)(F)F)C[C@H]1C. The maximum Gasteiger partial charge on any atom is 0.390 e. The molecule has 3 amide bonds. The molecule has 0 aliphatic carbocycles. The van der Waals surface area contributed by atoms with E-state index in [9.17, 15) is 22.8 Å². The number of aromatic nitrogens is 1. The van der Waals surface area contributed by atoms with Gasteiger partial charge in [0.25, 0.3) is 5.91 Å². The Hall–Kier alpha value is -3.32. The number of methoxy groups -OCH3 is 1. The molecule has 0 saturated heterocycles. The van der Waals surface area contributed by atoms with Crippen molar-refractivity contribution in [3.05, 3.63) is 35.2 Å². The number of nitrogens with zero attached hydrogens (tertiary/aromatic N) is 3. The van der Waals surface area contributed by atoms with Gasteiger partial charge in [-0.25, -0.2) is 4.79 Å². The minimum absolute atomic E-state index is 0.0287. The van der Waals surface area contributed by atoms with Crippen LogP contribution in [0.3, 0.4) is 0 Å². The highest BCUT2D eigenvalue weighted by Crippen LogP contribution is 2.28. The molecule has 216 valence electrons. The van der Waals surface area contributed by atoms with E-state index in [1.54, 1.807) is 44.9 Å². The van der Waals surface area contributed by atoms with Crippen molar-refractivity contribution < 1.29 is 36.8 Å². The van der Waals surface area contributed by atoms with Crippen LogP contribution < -0.4 is 15.4 Å². The molecule has 2 aromatic rings. The lowest BCUT2D eigenvalue weighted by Gasteiger charge is -2.36. The predicted octanol–water partition coefficient (Wildman–Crippen LogP) is 4.69. The highest BCUT2D eigenvalue weighted by atomic mass is 19.4. The van der Waals surface area contributed by atoms with Gasteiger partial charge in [0.15, 0.2) is 5.76 Å². The molecule has 3 rings (SSSR count). The summed E-state index contributed by atoms with van der Waals surface area (Å²) in [7, 11) is 3.15. The summed E-state index contributed by atoms with van der Waals surface area (Å²) in [5, 5.41) is 9.18. The number of urea groups is 1. The molecule has 1 aliphatic rings. The quantitative estimate of drug-likeness (QED) is 0.551. The van der Waals surface area contributed by atoms with Gasteiger partial charge in [-0.2, -0.15) is 13.2 Å². The Kier molecular flexibility index (Phi) is 9.83. The van der Waals surface area contributed by atoms with Crippen LogP contribution in [0.4, 0.5) is 29.3 Å². The van der Waals surface area contributed by atoms with Crippen molar-refractivity contribution in [2.24, 2.45) is 5.92 Å². The molecule has 39 heavy (non-hydrogen) atoms. The van der Waals surface area contributed by atoms with E-state index in [4.69, 9.17) is 14.0 Å². The number of likely N-dealkylation sites (N-methyl/N-ethyl adjacent to an activating group) is 1. The Morgan fingerprint density at radius 3 is 2.54 bits per heavy atom. The molecule has 1 aromatic heterocycles. The summed E-state index contributed by atoms with van der Waals surface area (Å²) in [5.74, 6) is 0.188. The monoisotopic (exact) mass is 555 g/mol. The van der Waals surface area contributed by atoms with Crippen molar-refractivity contribution in [2.45, 2.75) is 52.4 Å². The number of nitrogens with one attached hydrogen (secondary N) is 2. The highest BCUT2D eigenvalue weighted by molar-refractivity contribution is 6.02. The Balaban J connectivity index is 1.87. The summed E-state index contributed by atoms with van der Waals surface area (Å²) in [4.78, 5) is 29.2. The van der Waals surface area contributed by atoms with E-state index < -0.39 is 30.8 Å². The number of benzene rings is 1. The number of ether oxygens (including phenoxy) is 2. The van der Waals surface area contributed by atoms with Crippen LogP contribution in [-0.4, -0.2) is 85.6 Å². The zero-order valence-electron chi connectivity index (χ0n) is 23.0. The molecule has 0 spiro atoms. The predicted molar refractivity (Wildman–Crippen MR) is 139 cm³/mol. The second-order valence-electron chi connectivity index (χ2n) is 9.95. The maximum atomic E-state index is 13.3. The number of anilines is 2. The number of aryl methyl sites for hydroxylation is 2. The summed E-state index contributed by atoms with van der Waals surface area (Å²) in [6, 6.07) is 3.69. The van der Waals surface area contributed by atoms with Crippen LogP contribution in [0.5, 0.6) is 5.75 Å². The second kappa shape index (κ2) is 12.7. The van der Waals surface area contributed by atoms with E-state index in [-0.39, 0.29) is 42.8 Å². The molecule has 0 radical (unpaired) electrons. The third-order valence-corrected chi connectivity index (χ3v) is 6.79. The number of amides is 3. The Bertz CT molecular complexity index is 1140. The maximum absolute atomic E-state index is 13.3. The number of fused-ring (bicyclic) bond motifs is 1. The molecule has 0 fully saturated rings. The Morgan fingerprint density at radius 1 is 1.21 bits per heavy atom. The Morgan fingerprint density at radius 2 is 1.92 bits per heavy atom. The standard InChI is InChI=1S/C26H36F3N5O5/c1-15-12-34(10-9-26(27,28)29)16(2)14-38-21-11-19(30-25(36)31-23-17(3)32-39-18(23)4)7-8-20(21)24(35)33(5)13-22(15)37-6/h7-8,11,15-16,22H,9-10,12-14H2,1-6H3,(H2,30,31,36)/t15-,16+,22-/m1/s1. The first-order chi connectivity index (χ1) is 18.3. The average molecular weight is 556 g/mol. The van der Waals surface area contributed by atoms with E-state index in [0.717, 1.165) is 0 Å². The first kappa shape index (κ1) is 30.2. The number of carbonyl (C=O) groups excluding carboxylic acids is 2. The van der Waals surface area contributed by atoms with E-state index >= 15 is 0 Å². The van der Waals surface area contributed by atoms with E-state index in [2.05, 4.69) is 15.8 Å². The summed E-state index contributed by atoms with van der Waals surface area (Å²) in [6.45, 7) is 7.43. The van der Waals surface area contributed by atoms with E-state index in [1.165, 1.54) is 18.1 Å². The molecule has 0 saturated carbocycles. The van der Waals surface area contributed by atoms with Crippen molar-refractivity contribution in [2.75, 3.05) is 51.0 Å². The van der Waals surface area contributed by atoms with Crippen LogP contribution in [0.15, 0.2) is 22.7 Å². The second-order valence-corrected chi connectivity index (χ2v) is 9.95. The Labute approximate surface area is 225 Å². The van der Waals surface area contributed by atoms with Gasteiger partial charge in [0.2, 0.25) is 0 Å². The van der Waals surface area contributed by atoms with Gasteiger partial charge in [0, 0.05) is 51.6 Å².